The maximum atomic E-state index is 13.6. The largest absolute Gasteiger partial charge is 0.341 e. The average Bonchev–Trinajstić information content (AvgIpc) is 3.00. The molecule has 0 aliphatic heterocycles. The van der Waals surface area contributed by atoms with E-state index < -0.39 is 11.9 Å². The Morgan fingerprint density at radius 3 is 2.76 bits per heavy atom. The second-order valence-electron chi connectivity index (χ2n) is 5.62. The van der Waals surface area contributed by atoms with Gasteiger partial charge in [0.1, 0.15) is 24.2 Å². The van der Waals surface area contributed by atoms with Gasteiger partial charge in [-0.15, -0.1) is 0 Å². The van der Waals surface area contributed by atoms with Crippen molar-refractivity contribution in [1.82, 2.24) is 19.4 Å². The zero-order valence-electron chi connectivity index (χ0n) is 13.6. The Labute approximate surface area is 143 Å². The number of carbonyl (C=O) groups is 1. The summed E-state index contributed by atoms with van der Waals surface area (Å²) < 4.78 is 16.7. The highest BCUT2D eigenvalue weighted by atomic mass is 19.1. The summed E-state index contributed by atoms with van der Waals surface area (Å²) in [5.74, 6) is -0.199. The second kappa shape index (κ2) is 7.12. The molecule has 0 aliphatic carbocycles. The van der Waals surface area contributed by atoms with Gasteiger partial charge in [-0.25, -0.2) is 9.37 Å². The number of aryl methyl sites for hydroxylation is 1. The van der Waals surface area contributed by atoms with Crippen LogP contribution in [0, 0.1) is 5.82 Å². The first-order valence-corrected chi connectivity index (χ1v) is 7.72. The third-order valence-electron chi connectivity index (χ3n) is 3.82. The molecule has 2 aromatic heterocycles. The normalized spacial score (nSPS) is 11.9. The molecule has 0 radical (unpaired) electrons. The SMILES string of the molecule is Cn1ccnc1[C@H](NC(=O)Cn1ccccc1=O)c1cccc(F)c1. The van der Waals surface area contributed by atoms with Crippen LogP contribution in [0.2, 0.25) is 0 Å². The number of carbonyl (C=O) groups excluding carboxylic acids is 1. The number of hydrogen-bond donors (Lipinski definition) is 1. The quantitative estimate of drug-likeness (QED) is 0.767. The van der Waals surface area contributed by atoms with Crippen molar-refractivity contribution in [2.45, 2.75) is 12.6 Å². The molecular formula is C18H17FN4O2. The van der Waals surface area contributed by atoms with E-state index in [0.29, 0.717) is 11.4 Å². The molecule has 3 rings (SSSR count). The highest BCUT2D eigenvalue weighted by molar-refractivity contribution is 5.76. The van der Waals surface area contributed by atoms with Crippen LogP contribution in [0.5, 0.6) is 0 Å². The summed E-state index contributed by atoms with van der Waals surface area (Å²) in [5.41, 5.74) is 0.306. The lowest BCUT2D eigenvalue weighted by Gasteiger charge is -2.19. The average molecular weight is 340 g/mol. The standard InChI is InChI=1S/C18H17FN4O2/c1-22-10-8-20-18(22)17(13-5-4-6-14(19)11-13)21-15(24)12-23-9-3-2-7-16(23)25/h2-11,17H,12H2,1H3,(H,21,24)/t17-/m1/s1. The predicted molar refractivity (Wildman–Crippen MR) is 90.3 cm³/mol. The van der Waals surface area contributed by atoms with Gasteiger partial charge in [0.2, 0.25) is 5.91 Å². The van der Waals surface area contributed by atoms with Gasteiger partial charge in [0, 0.05) is 31.7 Å². The van der Waals surface area contributed by atoms with E-state index in [9.17, 15) is 14.0 Å². The number of nitrogens with zero attached hydrogens (tertiary/aromatic N) is 3. The van der Waals surface area contributed by atoms with Gasteiger partial charge in [-0.05, 0) is 23.8 Å². The molecular weight excluding hydrogens is 323 g/mol. The first kappa shape index (κ1) is 16.6. The number of nitrogens with one attached hydrogen (secondary N) is 1. The number of benzene rings is 1. The molecule has 3 aromatic rings. The molecule has 7 heteroatoms. The lowest BCUT2D eigenvalue weighted by atomic mass is 10.1. The Morgan fingerprint density at radius 2 is 2.08 bits per heavy atom. The van der Waals surface area contributed by atoms with Crippen molar-refractivity contribution in [3.63, 3.8) is 0 Å². The number of pyridine rings is 1. The van der Waals surface area contributed by atoms with Crippen LogP contribution in [0.3, 0.4) is 0 Å². The van der Waals surface area contributed by atoms with Gasteiger partial charge < -0.3 is 14.5 Å². The van der Waals surface area contributed by atoms with Crippen LogP contribution >= 0.6 is 0 Å². The van der Waals surface area contributed by atoms with Crippen LogP contribution in [0.1, 0.15) is 17.4 Å². The maximum absolute atomic E-state index is 13.6. The first-order chi connectivity index (χ1) is 12.0. The lowest BCUT2D eigenvalue weighted by Crippen LogP contribution is -2.35. The van der Waals surface area contributed by atoms with Gasteiger partial charge in [0.25, 0.3) is 5.56 Å². The lowest BCUT2D eigenvalue weighted by molar-refractivity contribution is -0.122. The van der Waals surface area contributed by atoms with E-state index in [1.165, 1.54) is 22.8 Å². The highest BCUT2D eigenvalue weighted by Gasteiger charge is 2.21. The van der Waals surface area contributed by atoms with Crippen LogP contribution in [0.25, 0.3) is 0 Å². The summed E-state index contributed by atoms with van der Waals surface area (Å²) in [6, 6.07) is 10.0. The first-order valence-electron chi connectivity index (χ1n) is 7.72. The Balaban J connectivity index is 1.88. The van der Waals surface area contributed by atoms with Crippen molar-refractivity contribution in [1.29, 1.82) is 0 Å². The van der Waals surface area contributed by atoms with Crippen LogP contribution in [-0.4, -0.2) is 20.0 Å². The summed E-state index contributed by atoms with van der Waals surface area (Å²) >= 11 is 0. The zero-order chi connectivity index (χ0) is 17.8. The molecule has 0 bridgehead atoms. The molecule has 1 atom stereocenters. The molecule has 0 aliphatic rings. The van der Waals surface area contributed by atoms with Gasteiger partial charge in [-0.2, -0.15) is 0 Å². The Morgan fingerprint density at radius 1 is 1.24 bits per heavy atom. The molecule has 25 heavy (non-hydrogen) atoms. The van der Waals surface area contributed by atoms with E-state index in [1.807, 2.05) is 0 Å². The van der Waals surface area contributed by atoms with E-state index >= 15 is 0 Å². The van der Waals surface area contributed by atoms with Crippen LogP contribution < -0.4 is 10.9 Å². The molecule has 0 spiro atoms. The summed E-state index contributed by atoms with van der Waals surface area (Å²) in [5, 5.41) is 2.83. The zero-order valence-corrected chi connectivity index (χ0v) is 13.6. The fraction of sp³-hybridized carbons (Fsp3) is 0.167. The minimum atomic E-state index is -0.623. The maximum Gasteiger partial charge on any atom is 0.250 e. The number of halogens is 1. The van der Waals surface area contributed by atoms with Gasteiger partial charge in [0.05, 0.1) is 0 Å². The van der Waals surface area contributed by atoms with Crippen LogP contribution in [0.4, 0.5) is 4.39 Å². The fourth-order valence-electron chi connectivity index (χ4n) is 2.59. The van der Waals surface area contributed by atoms with E-state index in [0.717, 1.165) is 0 Å². The smallest absolute Gasteiger partial charge is 0.250 e. The summed E-state index contributed by atoms with van der Waals surface area (Å²) in [6.07, 6.45) is 4.89. The number of amides is 1. The number of rotatable bonds is 5. The monoisotopic (exact) mass is 340 g/mol. The van der Waals surface area contributed by atoms with Crippen molar-refractivity contribution < 1.29 is 9.18 Å². The van der Waals surface area contributed by atoms with Gasteiger partial charge in [-0.3, -0.25) is 9.59 Å². The number of aromatic nitrogens is 3. The molecule has 6 nitrogen and oxygen atoms in total. The summed E-state index contributed by atoms with van der Waals surface area (Å²) in [6.45, 7) is -0.129. The van der Waals surface area contributed by atoms with Crippen molar-refractivity contribution in [2.75, 3.05) is 0 Å². The molecule has 0 fully saturated rings. The Bertz CT molecular complexity index is 948. The van der Waals surface area contributed by atoms with E-state index in [2.05, 4.69) is 10.3 Å². The van der Waals surface area contributed by atoms with E-state index in [1.54, 1.807) is 54.5 Å². The molecule has 1 amide bonds. The predicted octanol–water partition coefficient (Wildman–Crippen LogP) is 1.63. The Kier molecular flexibility index (Phi) is 4.74. The minimum absolute atomic E-state index is 0.129. The molecule has 128 valence electrons. The minimum Gasteiger partial charge on any atom is -0.341 e. The highest BCUT2D eigenvalue weighted by Crippen LogP contribution is 2.21. The summed E-state index contributed by atoms with van der Waals surface area (Å²) in [7, 11) is 1.79. The van der Waals surface area contributed by atoms with Crippen molar-refractivity contribution in [3.05, 3.63) is 88.6 Å². The molecule has 0 saturated heterocycles. The molecule has 1 N–H and O–H groups in total. The van der Waals surface area contributed by atoms with Crippen LogP contribution in [0.15, 0.2) is 65.8 Å². The Hall–Kier alpha value is -3.22. The van der Waals surface area contributed by atoms with Crippen LogP contribution in [-0.2, 0) is 18.4 Å². The topological polar surface area (TPSA) is 68.9 Å². The number of imidazole rings is 1. The third kappa shape index (κ3) is 3.82. The fourth-order valence-corrected chi connectivity index (χ4v) is 2.59. The third-order valence-corrected chi connectivity index (χ3v) is 3.82. The van der Waals surface area contributed by atoms with Crippen molar-refractivity contribution in [2.24, 2.45) is 7.05 Å². The molecule has 0 unspecified atom stereocenters. The molecule has 2 heterocycles. The second-order valence-corrected chi connectivity index (χ2v) is 5.62. The van der Waals surface area contributed by atoms with E-state index in [-0.39, 0.29) is 18.0 Å². The van der Waals surface area contributed by atoms with Gasteiger partial charge in [0.15, 0.2) is 0 Å². The summed E-state index contributed by atoms with van der Waals surface area (Å²) in [4.78, 5) is 28.5. The van der Waals surface area contributed by atoms with Gasteiger partial charge >= 0.3 is 0 Å². The van der Waals surface area contributed by atoms with Crippen molar-refractivity contribution >= 4 is 5.91 Å². The van der Waals surface area contributed by atoms with E-state index in [4.69, 9.17) is 0 Å². The number of hydrogen-bond acceptors (Lipinski definition) is 3. The van der Waals surface area contributed by atoms with Gasteiger partial charge in [-0.1, -0.05) is 18.2 Å². The molecule has 0 saturated carbocycles. The van der Waals surface area contributed by atoms with Crippen molar-refractivity contribution in [3.8, 4) is 0 Å². The molecule has 1 aromatic carbocycles.